The number of amides is 1. The highest BCUT2D eigenvalue weighted by molar-refractivity contribution is 5.89. The molecule has 0 aromatic heterocycles. The summed E-state index contributed by atoms with van der Waals surface area (Å²) >= 11 is 0. The average Bonchev–Trinajstić information content (AvgIpc) is 2.85. The molecule has 1 amide bonds. The van der Waals surface area contributed by atoms with E-state index >= 15 is 0 Å². The van der Waals surface area contributed by atoms with Crippen LogP contribution in [0.1, 0.15) is 44.9 Å². The summed E-state index contributed by atoms with van der Waals surface area (Å²) in [5.41, 5.74) is -0.00834. The van der Waals surface area contributed by atoms with E-state index in [0.717, 1.165) is 31.3 Å². The van der Waals surface area contributed by atoms with Crippen molar-refractivity contribution in [3.63, 3.8) is 0 Å². The van der Waals surface area contributed by atoms with Gasteiger partial charge >= 0.3 is 5.97 Å². The smallest absolute Gasteiger partial charge is 0.332 e. The normalized spacial score (nSPS) is 26.4. The summed E-state index contributed by atoms with van der Waals surface area (Å²) in [6.45, 7) is 0.578. The molecule has 5 nitrogen and oxygen atoms in total. The molecule has 2 aliphatic rings. The zero-order chi connectivity index (χ0) is 14.6. The number of carboxylic acids is 1. The summed E-state index contributed by atoms with van der Waals surface area (Å²) < 4.78 is 5.07. The van der Waals surface area contributed by atoms with Gasteiger partial charge in [-0.25, -0.2) is 4.79 Å². The maximum Gasteiger partial charge on any atom is 0.332 e. The van der Waals surface area contributed by atoms with Crippen LogP contribution < -0.4 is 0 Å². The third-order valence-corrected chi connectivity index (χ3v) is 4.33. The molecule has 0 aromatic rings. The van der Waals surface area contributed by atoms with Crippen molar-refractivity contribution in [3.05, 3.63) is 11.6 Å². The number of aliphatic carboxylic acids is 1. The summed E-state index contributed by atoms with van der Waals surface area (Å²) in [5, 5.41) is 9.53. The van der Waals surface area contributed by atoms with Gasteiger partial charge in [-0.3, -0.25) is 4.79 Å². The first-order valence-corrected chi connectivity index (χ1v) is 7.31. The molecule has 112 valence electrons. The maximum atomic E-state index is 12.5. The first kappa shape index (κ1) is 15.0. The molecule has 1 unspecified atom stereocenters. The van der Waals surface area contributed by atoms with Crippen LogP contribution in [0, 0.1) is 0 Å². The molecule has 1 fully saturated rings. The van der Waals surface area contributed by atoms with Crippen LogP contribution in [-0.4, -0.2) is 47.7 Å². The monoisotopic (exact) mass is 281 g/mol. The van der Waals surface area contributed by atoms with Gasteiger partial charge in [0.25, 0.3) is 0 Å². The maximum absolute atomic E-state index is 12.5. The Morgan fingerprint density at radius 3 is 2.80 bits per heavy atom. The molecule has 1 aliphatic carbocycles. The van der Waals surface area contributed by atoms with Crippen LogP contribution in [0.25, 0.3) is 0 Å². The Bertz CT molecular complexity index is 418. The van der Waals surface area contributed by atoms with E-state index in [0.29, 0.717) is 19.4 Å². The van der Waals surface area contributed by atoms with Crippen molar-refractivity contribution in [2.45, 2.75) is 50.5 Å². The Morgan fingerprint density at radius 1 is 1.40 bits per heavy atom. The minimum Gasteiger partial charge on any atom is -0.479 e. The highest BCUT2D eigenvalue weighted by atomic mass is 16.5. The molecule has 20 heavy (non-hydrogen) atoms. The predicted molar refractivity (Wildman–Crippen MR) is 74.4 cm³/mol. The minimum atomic E-state index is -1.17. The van der Waals surface area contributed by atoms with Crippen LogP contribution in [0.3, 0.4) is 0 Å². The van der Waals surface area contributed by atoms with Crippen LogP contribution in [-0.2, 0) is 14.3 Å². The van der Waals surface area contributed by atoms with Gasteiger partial charge in [-0.05, 0) is 38.5 Å². The standard InChI is InChI=1S/C15H23NO4/c1-20-11-15(14(18)19)8-5-9-16(15)13(17)10-12-6-3-2-4-7-12/h6H,2-5,7-11H2,1H3,(H,18,19). The van der Waals surface area contributed by atoms with Gasteiger partial charge in [-0.15, -0.1) is 0 Å². The van der Waals surface area contributed by atoms with Crippen LogP contribution in [0.15, 0.2) is 11.6 Å². The molecule has 1 aliphatic heterocycles. The van der Waals surface area contributed by atoms with E-state index in [9.17, 15) is 14.7 Å². The first-order valence-electron chi connectivity index (χ1n) is 7.31. The number of rotatable bonds is 5. The van der Waals surface area contributed by atoms with Gasteiger partial charge in [-0.2, -0.15) is 0 Å². The lowest BCUT2D eigenvalue weighted by molar-refractivity contribution is -0.160. The van der Waals surface area contributed by atoms with Crippen molar-refractivity contribution < 1.29 is 19.4 Å². The number of carboxylic acid groups (broad SMARTS) is 1. The highest BCUT2D eigenvalue weighted by Crippen LogP contribution is 2.32. The summed E-state index contributed by atoms with van der Waals surface area (Å²) in [6, 6.07) is 0. The fourth-order valence-electron chi connectivity index (χ4n) is 3.27. The number of hydrogen-bond donors (Lipinski definition) is 1. The van der Waals surface area contributed by atoms with E-state index in [2.05, 4.69) is 6.08 Å². The van der Waals surface area contributed by atoms with Gasteiger partial charge in [0, 0.05) is 20.1 Å². The van der Waals surface area contributed by atoms with Crippen LogP contribution in [0.5, 0.6) is 0 Å². The molecule has 1 atom stereocenters. The molecule has 0 aromatic carbocycles. The molecule has 1 heterocycles. The highest BCUT2D eigenvalue weighted by Gasteiger charge is 2.50. The first-order chi connectivity index (χ1) is 9.60. The molecule has 0 bridgehead atoms. The van der Waals surface area contributed by atoms with E-state index in [4.69, 9.17) is 4.74 Å². The van der Waals surface area contributed by atoms with Crippen molar-refractivity contribution >= 4 is 11.9 Å². The molecule has 2 rings (SSSR count). The Kier molecular flexibility index (Phi) is 4.81. The number of carbonyl (C=O) groups is 2. The van der Waals surface area contributed by atoms with E-state index in [1.165, 1.54) is 18.4 Å². The molecular weight excluding hydrogens is 258 g/mol. The molecule has 0 spiro atoms. The van der Waals surface area contributed by atoms with Crippen molar-refractivity contribution in [2.75, 3.05) is 20.3 Å². The molecular formula is C15H23NO4. The number of likely N-dealkylation sites (tertiary alicyclic amines) is 1. The van der Waals surface area contributed by atoms with E-state index in [-0.39, 0.29) is 12.5 Å². The Hall–Kier alpha value is -1.36. The van der Waals surface area contributed by atoms with Gasteiger partial charge in [-0.1, -0.05) is 11.6 Å². The third-order valence-electron chi connectivity index (χ3n) is 4.33. The second kappa shape index (κ2) is 6.39. The van der Waals surface area contributed by atoms with Gasteiger partial charge in [0.05, 0.1) is 6.61 Å². The second-order valence-corrected chi connectivity index (χ2v) is 5.70. The fourth-order valence-corrected chi connectivity index (χ4v) is 3.27. The number of methoxy groups -OCH3 is 1. The topological polar surface area (TPSA) is 66.8 Å². The number of ether oxygens (including phenoxy) is 1. The quantitative estimate of drug-likeness (QED) is 0.782. The number of hydrogen-bond acceptors (Lipinski definition) is 3. The largest absolute Gasteiger partial charge is 0.479 e. The lowest BCUT2D eigenvalue weighted by Gasteiger charge is -2.34. The summed E-state index contributed by atoms with van der Waals surface area (Å²) in [5.74, 6) is -1.03. The Morgan fingerprint density at radius 2 is 2.20 bits per heavy atom. The number of nitrogens with zero attached hydrogens (tertiary/aromatic N) is 1. The Labute approximate surface area is 119 Å². The van der Waals surface area contributed by atoms with Crippen LogP contribution in [0.2, 0.25) is 0 Å². The lowest BCUT2D eigenvalue weighted by Crippen LogP contribution is -2.56. The van der Waals surface area contributed by atoms with Gasteiger partial charge in [0.2, 0.25) is 5.91 Å². The second-order valence-electron chi connectivity index (χ2n) is 5.70. The third kappa shape index (κ3) is 2.87. The molecule has 0 radical (unpaired) electrons. The SMILES string of the molecule is COCC1(C(=O)O)CCCN1C(=O)CC1=CCCCC1. The van der Waals surface area contributed by atoms with Crippen molar-refractivity contribution in [1.82, 2.24) is 4.90 Å². The fraction of sp³-hybridized carbons (Fsp3) is 0.733. The van der Waals surface area contributed by atoms with Crippen LogP contribution in [0.4, 0.5) is 0 Å². The average molecular weight is 281 g/mol. The van der Waals surface area contributed by atoms with Crippen molar-refractivity contribution in [3.8, 4) is 0 Å². The zero-order valence-electron chi connectivity index (χ0n) is 12.1. The van der Waals surface area contributed by atoms with E-state index in [1.807, 2.05) is 0 Å². The summed E-state index contributed by atoms with van der Waals surface area (Å²) in [7, 11) is 1.48. The zero-order valence-corrected chi connectivity index (χ0v) is 12.1. The van der Waals surface area contributed by atoms with Gasteiger partial charge in [0.1, 0.15) is 0 Å². The van der Waals surface area contributed by atoms with Crippen molar-refractivity contribution in [2.24, 2.45) is 0 Å². The van der Waals surface area contributed by atoms with E-state index < -0.39 is 11.5 Å². The van der Waals surface area contributed by atoms with Crippen LogP contribution >= 0.6 is 0 Å². The summed E-state index contributed by atoms with van der Waals surface area (Å²) in [4.78, 5) is 25.6. The van der Waals surface area contributed by atoms with Gasteiger partial charge in [0.15, 0.2) is 5.54 Å². The molecule has 1 saturated heterocycles. The predicted octanol–water partition coefficient (Wildman–Crippen LogP) is 1.97. The molecule has 5 heteroatoms. The van der Waals surface area contributed by atoms with Crippen molar-refractivity contribution in [1.29, 1.82) is 0 Å². The Balaban J connectivity index is 2.10. The number of allylic oxidation sites excluding steroid dienone is 1. The van der Waals surface area contributed by atoms with Gasteiger partial charge < -0.3 is 14.7 Å². The summed E-state index contributed by atoms with van der Waals surface area (Å²) in [6.07, 6.45) is 8.00. The number of carbonyl (C=O) groups excluding carboxylic acids is 1. The van der Waals surface area contributed by atoms with E-state index in [1.54, 1.807) is 0 Å². The molecule has 0 saturated carbocycles. The minimum absolute atomic E-state index is 0.0626. The lowest BCUT2D eigenvalue weighted by atomic mass is 9.94. The molecule has 1 N–H and O–H groups in total.